The van der Waals surface area contributed by atoms with Gasteiger partial charge in [-0.25, -0.2) is 8.78 Å². The highest BCUT2D eigenvalue weighted by Gasteiger charge is 2.16. The van der Waals surface area contributed by atoms with Crippen LogP contribution in [0.4, 0.5) is 8.78 Å². The van der Waals surface area contributed by atoms with Crippen LogP contribution in [0.1, 0.15) is 16.5 Å². The number of hydrogen-bond donors (Lipinski definition) is 0. The lowest BCUT2D eigenvalue weighted by Gasteiger charge is -2.12. The van der Waals surface area contributed by atoms with Gasteiger partial charge in [-0.1, -0.05) is 24.3 Å². The molecule has 2 aromatic rings. The van der Waals surface area contributed by atoms with Gasteiger partial charge >= 0.3 is 0 Å². The van der Waals surface area contributed by atoms with Crippen molar-refractivity contribution in [3.8, 4) is 5.75 Å². The molecule has 1 nitrogen and oxygen atoms in total. The molecule has 0 heterocycles. The van der Waals surface area contributed by atoms with Gasteiger partial charge in [-0.3, -0.25) is 0 Å². The summed E-state index contributed by atoms with van der Waals surface area (Å²) in [6.45, 7) is 0. The van der Waals surface area contributed by atoms with Crippen molar-refractivity contribution in [2.75, 3.05) is 7.11 Å². The SMILES string of the molecule is COc1cccc(CC(Cl)c2cccc(F)c2F)c1. The molecule has 0 aliphatic carbocycles. The Hall–Kier alpha value is -1.61. The fourth-order valence-electron chi connectivity index (χ4n) is 1.88. The van der Waals surface area contributed by atoms with E-state index in [9.17, 15) is 8.78 Å². The molecule has 4 heteroatoms. The molecule has 2 rings (SSSR count). The summed E-state index contributed by atoms with van der Waals surface area (Å²) >= 11 is 6.17. The number of methoxy groups -OCH3 is 1. The highest BCUT2D eigenvalue weighted by atomic mass is 35.5. The number of halogens is 3. The lowest BCUT2D eigenvalue weighted by atomic mass is 10.0. The van der Waals surface area contributed by atoms with E-state index in [0.29, 0.717) is 12.2 Å². The quantitative estimate of drug-likeness (QED) is 0.751. The van der Waals surface area contributed by atoms with Crippen molar-refractivity contribution >= 4 is 11.6 Å². The van der Waals surface area contributed by atoms with Crippen LogP contribution in [0.2, 0.25) is 0 Å². The first-order valence-corrected chi connectivity index (χ1v) is 6.26. The molecule has 0 aliphatic heterocycles. The highest BCUT2D eigenvalue weighted by molar-refractivity contribution is 6.20. The molecule has 0 fully saturated rings. The Morgan fingerprint density at radius 3 is 2.63 bits per heavy atom. The van der Waals surface area contributed by atoms with E-state index in [0.717, 1.165) is 11.6 Å². The molecule has 0 amide bonds. The zero-order valence-electron chi connectivity index (χ0n) is 10.4. The van der Waals surface area contributed by atoms with Gasteiger partial charge < -0.3 is 4.74 Å². The summed E-state index contributed by atoms with van der Waals surface area (Å²) in [6.07, 6.45) is 0.402. The van der Waals surface area contributed by atoms with Crippen LogP contribution in [0.5, 0.6) is 5.75 Å². The molecule has 19 heavy (non-hydrogen) atoms. The predicted octanol–water partition coefficient (Wildman–Crippen LogP) is 4.50. The topological polar surface area (TPSA) is 9.23 Å². The molecule has 0 saturated heterocycles. The Bertz CT molecular complexity index is 572. The molecular weight excluding hydrogens is 270 g/mol. The third kappa shape index (κ3) is 3.24. The van der Waals surface area contributed by atoms with Crippen LogP contribution >= 0.6 is 11.6 Å². The van der Waals surface area contributed by atoms with Crippen LogP contribution in [0.25, 0.3) is 0 Å². The van der Waals surface area contributed by atoms with E-state index in [1.165, 1.54) is 12.1 Å². The van der Waals surface area contributed by atoms with E-state index in [2.05, 4.69) is 0 Å². The van der Waals surface area contributed by atoms with Gasteiger partial charge in [0.15, 0.2) is 11.6 Å². The summed E-state index contributed by atoms with van der Waals surface area (Å²) in [4.78, 5) is 0. The second-order valence-corrected chi connectivity index (χ2v) is 4.69. The maximum atomic E-state index is 13.6. The molecule has 0 saturated carbocycles. The monoisotopic (exact) mass is 282 g/mol. The molecule has 0 spiro atoms. The number of rotatable bonds is 4. The average Bonchev–Trinajstić information content (AvgIpc) is 2.42. The minimum atomic E-state index is -0.884. The van der Waals surface area contributed by atoms with Gasteiger partial charge in [0.1, 0.15) is 5.75 Å². The first-order chi connectivity index (χ1) is 9.11. The summed E-state index contributed by atoms with van der Waals surface area (Å²) < 4.78 is 31.9. The molecule has 2 aromatic carbocycles. The maximum absolute atomic E-state index is 13.6. The fourth-order valence-corrected chi connectivity index (χ4v) is 2.23. The van der Waals surface area contributed by atoms with Crippen molar-refractivity contribution in [2.24, 2.45) is 0 Å². The average molecular weight is 283 g/mol. The minimum absolute atomic E-state index is 0.171. The summed E-state index contributed by atoms with van der Waals surface area (Å²) in [7, 11) is 1.57. The van der Waals surface area contributed by atoms with Gasteiger partial charge in [-0.2, -0.15) is 0 Å². The van der Waals surface area contributed by atoms with Crippen LogP contribution in [0.15, 0.2) is 42.5 Å². The second kappa shape index (κ2) is 6.02. The lowest BCUT2D eigenvalue weighted by molar-refractivity contribution is 0.414. The maximum Gasteiger partial charge on any atom is 0.163 e. The summed E-state index contributed by atoms with van der Waals surface area (Å²) in [5, 5.41) is -0.622. The Balaban J connectivity index is 2.20. The van der Waals surface area contributed by atoms with Gasteiger partial charge in [0.2, 0.25) is 0 Å². The highest BCUT2D eigenvalue weighted by Crippen LogP contribution is 2.29. The van der Waals surface area contributed by atoms with Crippen LogP contribution in [-0.4, -0.2) is 7.11 Å². The number of ether oxygens (including phenoxy) is 1. The van der Waals surface area contributed by atoms with Gasteiger partial charge in [-0.05, 0) is 30.2 Å². The van der Waals surface area contributed by atoms with Crippen LogP contribution in [0, 0.1) is 11.6 Å². The van der Waals surface area contributed by atoms with E-state index >= 15 is 0 Å². The van der Waals surface area contributed by atoms with Gasteiger partial charge in [0.25, 0.3) is 0 Å². The molecule has 0 aromatic heterocycles. The molecule has 1 atom stereocenters. The van der Waals surface area contributed by atoms with Crippen molar-refractivity contribution < 1.29 is 13.5 Å². The Morgan fingerprint density at radius 1 is 1.16 bits per heavy atom. The zero-order valence-corrected chi connectivity index (χ0v) is 11.1. The summed E-state index contributed by atoms with van der Waals surface area (Å²) in [5.74, 6) is -1.06. The fraction of sp³-hybridized carbons (Fsp3) is 0.200. The first kappa shape index (κ1) is 13.8. The van der Waals surface area contributed by atoms with E-state index in [4.69, 9.17) is 16.3 Å². The normalized spacial score (nSPS) is 12.2. The Morgan fingerprint density at radius 2 is 1.89 bits per heavy atom. The third-order valence-corrected chi connectivity index (χ3v) is 3.26. The van der Waals surface area contributed by atoms with Crippen molar-refractivity contribution in [3.05, 3.63) is 65.2 Å². The second-order valence-electron chi connectivity index (χ2n) is 4.17. The molecule has 1 unspecified atom stereocenters. The largest absolute Gasteiger partial charge is 0.497 e. The van der Waals surface area contributed by atoms with E-state index in [-0.39, 0.29) is 5.56 Å². The van der Waals surface area contributed by atoms with Gasteiger partial charge in [0.05, 0.1) is 12.5 Å². The predicted molar refractivity (Wildman–Crippen MR) is 71.7 cm³/mol. The number of hydrogen-bond acceptors (Lipinski definition) is 1. The molecular formula is C15H13ClF2O. The van der Waals surface area contributed by atoms with Crippen LogP contribution < -0.4 is 4.74 Å². The Kier molecular flexibility index (Phi) is 4.38. The summed E-state index contributed by atoms with van der Waals surface area (Å²) in [5.41, 5.74) is 1.08. The number of benzene rings is 2. The van der Waals surface area contributed by atoms with E-state index in [1.807, 2.05) is 24.3 Å². The smallest absolute Gasteiger partial charge is 0.163 e. The minimum Gasteiger partial charge on any atom is -0.497 e. The lowest BCUT2D eigenvalue weighted by Crippen LogP contribution is -2.01. The summed E-state index contributed by atoms with van der Waals surface area (Å²) in [6, 6.07) is 11.4. The van der Waals surface area contributed by atoms with Crippen molar-refractivity contribution in [1.29, 1.82) is 0 Å². The number of alkyl halides is 1. The van der Waals surface area contributed by atoms with Gasteiger partial charge in [0, 0.05) is 5.56 Å². The molecule has 100 valence electrons. The van der Waals surface area contributed by atoms with Crippen LogP contribution in [-0.2, 0) is 6.42 Å². The van der Waals surface area contributed by atoms with Crippen molar-refractivity contribution in [3.63, 3.8) is 0 Å². The van der Waals surface area contributed by atoms with Crippen molar-refractivity contribution in [1.82, 2.24) is 0 Å². The molecule has 0 bridgehead atoms. The van der Waals surface area contributed by atoms with Gasteiger partial charge in [-0.15, -0.1) is 11.6 Å². The standard InChI is InChI=1S/C15H13ClF2O/c1-19-11-5-2-4-10(8-11)9-13(16)12-6-3-7-14(17)15(12)18/h2-8,13H,9H2,1H3. The first-order valence-electron chi connectivity index (χ1n) is 5.82. The van der Waals surface area contributed by atoms with Crippen molar-refractivity contribution in [2.45, 2.75) is 11.8 Å². The third-order valence-electron chi connectivity index (χ3n) is 2.87. The Labute approximate surface area is 115 Å². The molecule has 0 N–H and O–H groups in total. The zero-order chi connectivity index (χ0) is 13.8. The van der Waals surface area contributed by atoms with E-state index < -0.39 is 17.0 Å². The van der Waals surface area contributed by atoms with E-state index in [1.54, 1.807) is 7.11 Å². The molecule has 0 radical (unpaired) electrons. The molecule has 0 aliphatic rings. The van der Waals surface area contributed by atoms with Crippen LogP contribution in [0.3, 0.4) is 0 Å².